The number of nitrogens with zero attached hydrogens (tertiary/aromatic N) is 1. The largest absolute Gasteiger partial charge is 0.478 e. The Morgan fingerprint density at radius 2 is 2.10 bits per heavy atom. The molecule has 0 bridgehead atoms. The van der Waals surface area contributed by atoms with Gasteiger partial charge in [-0.15, -0.1) is 0 Å². The first-order valence-electron chi connectivity index (χ1n) is 5.49. The van der Waals surface area contributed by atoms with Gasteiger partial charge in [0, 0.05) is 17.2 Å². The van der Waals surface area contributed by atoms with Crippen LogP contribution in [0.4, 0.5) is 5.13 Å². The van der Waals surface area contributed by atoms with Crippen molar-refractivity contribution in [1.29, 1.82) is 0 Å². The molecule has 1 aromatic heterocycles. The molecule has 0 unspecified atom stereocenters. The third kappa shape index (κ3) is 3.66. The second-order valence-corrected chi connectivity index (χ2v) is 5.14. The molecule has 0 saturated carbocycles. The van der Waals surface area contributed by atoms with Crippen molar-refractivity contribution >= 4 is 46.0 Å². The van der Waals surface area contributed by atoms with Crippen LogP contribution in [0.2, 0.25) is 5.02 Å². The van der Waals surface area contributed by atoms with Crippen LogP contribution >= 0.6 is 22.9 Å². The summed E-state index contributed by atoms with van der Waals surface area (Å²) >= 11 is 7.09. The van der Waals surface area contributed by atoms with Crippen LogP contribution in [-0.2, 0) is 4.79 Å². The minimum Gasteiger partial charge on any atom is -0.478 e. The second kappa shape index (κ2) is 6.31. The molecule has 102 valence electrons. The molecular weight excluding hydrogens is 300 g/mol. The zero-order chi connectivity index (χ0) is 14.5. The Kier molecular flexibility index (Phi) is 4.49. The van der Waals surface area contributed by atoms with Crippen LogP contribution in [0, 0.1) is 0 Å². The standard InChI is InChI=1S/C13H9ClN2O3S/c14-10-4-2-1-3-9(10)12(19)16-13-15-7-8(20-13)5-6-11(17)18/h1-7H,(H,17,18)(H,15,16,19). The number of rotatable bonds is 4. The van der Waals surface area contributed by atoms with Crippen LogP contribution in [0.5, 0.6) is 0 Å². The third-order valence-corrected chi connectivity index (χ3v) is 3.46. The van der Waals surface area contributed by atoms with Crippen molar-refractivity contribution in [3.8, 4) is 0 Å². The molecule has 5 nitrogen and oxygen atoms in total. The van der Waals surface area contributed by atoms with E-state index < -0.39 is 5.97 Å². The number of hydrogen-bond acceptors (Lipinski definition) is 4. The number of thiazole rings is 1. The third-order valence-electron chi connectivity index (χ3n) is 2.25. The number of hydrogen-bond donors (Lipinski definition) is 2. The number of aliphatic carboxylic acids is 1. The second-order valence-electron chi connectivity index (χ2n) is 3.67. The summed E-state index contributed by atoms with van der Waals surface area (Å²) in [5, 5.41) is 11.9. The van der Waals surface area contributed by atoms with Crippen LogP contribution < -0.4 is 5.32 Å². The molecule has 2 aromatic rings. The van der Waals surface area contributed by atoms with E-state index in [0.717, 1.165) is 6.08 Å². The van der Waals surface area contributed by atoms with Crippen molar-refractivity contribution in [1.82, 2.24) is 4.98 Å². The summed E-state index contributed by atoms with van der Waals surface area (Å²) in [4.78, 5) is 27.0. The molecule has 0 saturated heterocycles. The maximum Gasteiger partial charge on any atom is 0.328 e. The van der Waals surface area contributed by atoms with Crippen LogP contribution in [0.1, 0.15) is 15.2 Å². The van der Waals surface area contributed by atoms with E-state index in [4.69, 9.17) is 16.7 Å². The van der Waals surface area contributed by atoms with Crippen LogP contribution in [0.15, 0.2) is 36.5 Å². The van der Waals surface area contributed by atoms with Crippen molar-refractivity contribution in [3.63, 3.8) is 0 Å². The van der Waals surface area contributed by atoms with Gasteiger partial charge in [0.15, 0.2) is 5.13 Å². The maximum atomic E-state index is 12.0. The number of amides is 1. The molecule has 0 aliphatic carbocycles. The van der Waals surface area contributed by atoms with Gasteiger partial charge in [-0.05, 0) is 18.2 Å². The molecule has 0 atom stereocenters. The fourth-order valence-electron chi connectivity index (χ4n) is 1.38. The summed E-state index contributed by atoms with van der Waals surface area (Å²) in [6.07, 6.45) is 3.89. The van der Waals surface area contributed by atoms with E-state index in [-0.39, 0.29) is 5.91 Å². The quantitative estimate of drug-likeness (QED) is 0.850. The van der Waals surface area contributed by atoms with Gasteiger partial charge in [-0.3, -0.25) is 10.1 Å². The molecule has 1 aromatic carbocycles. The first kappa shape index (κ1) is 14.2. The topological polar surface area (TPSA) is 79.3 Å². The van der Waals surface area contributed by atoms with Gasteiger partial charge >= 0.3 is 5.97 Å². The molecule has 2 rings (SSSR count). The van der Waals surface area contributed by atoms with E-state index in [0.29, 0.717) is 20.6 Å². The van der Waals surface area contributed by atoms with E-state index >= 15 is 0 Å². The van der Waals surface area contributed by atoms with Crippen molar-refractivity contribution < 1.29 is 14.7 Å². The van der Waals surface area contributed by atoms with Crippen molar-refractivity contribution in [2.24, 2.45) is 0 Å². The molecule has 0 aliphatic rings. The summed E-state index contributed by atoms with van der Waals surface area (Å²) in [5.41, 5.74) is 0.354. The van der Waals surface area contributed by atoms with Gasteiger partial charge in [-0.25, -0.2) is 9.78 Å². The Hall–Kier alpha value is -2.18. The van der Waals surface area contributed by atoms with Crippen molar-refractivity contribution in [3.05, 3.63) is 52.0 Å². The van der Waals surface area contributed by atoms with Gasteiger partial charge < -0.3 is 5.11 Å². The van der Waals surface area contributed by atoms with E-state index in [1.54, 1.807) is 24.3 Å². The Labute approximate surface area is 123 Å². The van der Waals surface area contributed by atoms with Gasteiger partial charge in [0.25, 0.3) is 5.91 Å². The highest BCUT2D eigenvalue weighted by atomic mass is 35.5. The number of benzene rings is 1. The lowest BCUT2D eigenvalue weighted by Crippen LogP contribution is -2.11. The molecule has 0 aliphatic heterocycles. The zero-order valence-electron chi connectivity index (χ0n) is 10.0. The van der Waals surface area contributed by atoms with Gasteiger partial charge in [-0.2, -0.15) is 0 Å². The minimum atomic E-state index is -1.04. The number of carboxylic acid groups (broad SMARTS) is 1. The Morgan fingerprint density at radius 1 is 1.35 bits per heavy atom. The molecule has 20 heavy (non-hydrogen) atoms. The smallest absolute Gasteiger partial charge is 0.328 e. The molecule has 1 heterocycles. The average molecular weight is 309 g/mol. The molecule has 0 spiro atoms. The van der Waals surface area contributed by atoms with Gasteiger partial charge in [-0.1, -0.05) is 35.1 Å². The van der Waals surface area contributed by atoms with E-state index in [2.05, 4.69) is 10.3 Å². The predicted molar refractivity (Wildman–Crippen MR) is 78.2 cm³/mol. The zero-order valence-corrected chi connectivity index (χ0v) is 11.6. The van der Waals surface area contributed by atoms with Crippen LogP contribution in [0.3, 0.4) is 0 Å². The highest BCUT2D eigenvalue weighted by Gasteiger charge is 2.11. The number of carbonyl (C=O) groups is 2. The summed E-state index contributed by atoms with van der Waals surface area (Å²) in [5.74, 6) is -1.40. The lowest BCUT2D eigenvalue weighted by molar-refractivity contribution is -0.131. The number of nitrogens with one attached hydrogen (secondary N) is 1. The maximum absolute atomic E-state index is 12.0. The number of aromatic nitrogens is 1. The summed E-state index contributed by atoms with van der Waals surface area (Å²) in [6, 6.07) is 6.68. The Morgan fingerprint density at radius 3 is 2.80 bits per heavy atom. The number of halogens is 1. The van der Waals surface area contributed by atoms with Crippen molar-refractivity contribution in [2.45, 2.75) is 0 Å². The highest BCUT2D eigenvalue weighted by molar-refractivity contribution is 7.16. The SMILES string of the molecule is O=C(O)C=Cc1cnc(NC(=O)c2ccccc2Cl)s1. The molecule has 0 fully saturated rings. The Balaban J connectivity index is 2.09. The lowest BCUT2D eigenvalue weighted by atomic mass is 10.2. The monoisotopic (exact) mass is 308 g/mol. The molecule has 7 heteroatoms. The van der Waals surface area contributed by atoms with Crippen LogP contribution in [0.25, 0.3) is 6.08 Å². The Bertz CT molecular complexity index is 682. The number of carbonyl (C=O) groups excluding carboxylic acids is 1. The van der Waals surface area contributed by atoms with E-state index in [1.807, 2.05) is 0 Å². The first-order chi connectivity index (χ1) is 9.56. The summed E-state index contributed by atoms with van der Waals surface area (Å²) < 4.78 is 0. The van der Waals surface area contributed by atoms with Crippen LogP contribution in [-0.4, -0.2) is 22.0 Å². The lowest BCUT2D eigenvalue weighted by Gasteiger charge is -2.02. The molecule has 1 amide bonds. The normalized spacial score (nSPS) is 10.7. The summed E-state index contributed by atoms with van der Waals surface area (Å²) in [6.45, 7) is 0. The highest BCUT2D eigenvalue weighted by Crippen LogP contribution is 2.21. The molecule has 0 radical (unpaired) electrons. The van der Waals surface area contributed by atoms with E-state index in [9.17, 15) is 9.59 Å². The fourth-order valence-corrected chi connectivity index (χ4v) is 2.32. The van der Waals surface area contributed by atoms with E-state index in [1.165, 1.54) is 23.6 Å². The average Bonchev–Trinajstić information content (AvgIpc) is 2.84. The van der Waals surface area contributed by atoms with Gasteiger partial charge in [0.1, 0.15) is 0 Å². The fraction of sp³-hybridized carbons (Fsp3) is 0. The summed E-state index contributed by atoms with van der Waals surface area (Å²) in [7, 11) is 0. The van der Waals surface area contributed by atoms with Crippen molar-refractivity contribution in [2.75, 3.05) is 5.32 Å². The molecule has 2 N–H and O–H groups in total. The predicted octanol–water partition coefficient (Wildman–Crippen LogP) is 3.15. The van der Waals surface area contributed by atoms with Gasteiger partial charge in [0.2, 0.25) is 0 Å². The first-order valence-corrected chi connectivity index (χ1v) is 6.68. The minimum absolute atomic E-state index is 0.354. The number of carboxylic acids is 1. The molecular formula is C13H9ClN2O3S. The van der Waals surface area contributed by atoms with Gasteiger partial charge in [0.05, 0.1) is 10.6 Å². The number of anilines is 1.